The van der Waals surface area contributed by atoms with Crippen molar-refractivity contribution >= 4 is 23.3 Å². The molecule has 5 nitrogen and oxygen atoms in total. The number of carbonyl (C=O) groups excluding carboxylic acids is 3. The summed E-state index contributed by atoms with van der Waals surface area (Å²) in [6.07, 6.45) is 1.71. The van der Waals surface area contributed by atoms with E-state index in [0.29, 0.717) is 11.3 Å². The van der Waals surface area contributed by atoms with Gasteiger partial charge in [-0.25, -0.2) is 9.29 Å². The fourth-order valence-corrected chi connectivity index (χ4v) is 5.13. The predicted molar refractivity (Wildman–Crippen MR) is 100 cm³/mol. The van der Waals surface area contributed by atoms with Gasteiger partial charge in [0.05, 0.1) is 23.6 Å². The lowest BCUT2D eigenvalue weighted by molar-refractivity contribution is -0.123. The van der Waals surface area contributed by atoms with Crippen LogP contribution in [0.25, 0.3) is 0 Å². The zero-order valence-electron chi connectivity index (χ0n) is 15.1. The number of halogens is 1. The fraction of sp³-hybridized carbons (Fsp3) is 0.318. The third-order valence-corrected chi connectivity index (χ3v) is 6.26. The Morgan fingerprint density at radius 1 is 0.929 bits per heavy atom. The topological polar surface area (TPSA) is 57.7 Å². The number of Topliss-reactive ketones (excluding diaryl/α,β-unsaturated/α-hetero) is 1. The highest BCUT2D eigenvalue weighted by Gasteiger charge is 2.64. The second kappa shape index (κ2) is 6.34. The van der Waals surface area contributed by atoms with Gasteiger partial charge in [0.15, 0.2) is 5.78 Å². The van der Waals surface area contributed by atoms with E-state index in [4.69, 9.17) is 0 Å². The average molecular weight is 378 g/mol. The van der Waals surface area contributed by atoms with Gasteiger partial charge in [0.1, 0.15) is 5.82 Å². The number of nitrogens with zero attached hydrogens (tertiary/aromatic N) is 2. The minimum Gasteiger partial charge on any atom is -0.292 e. The van der Waals surface area contributed by atoms with Crippen molar-refractivity contribution in [2.45, 2.75) is 24.9 Å². The fourth-order valence-electron chi connectivity index (χ4n) is 5.13. The van der Waals surface area contributed by atoms with Crippen LogP contribution in [0.3, 0.4) is 0 Å². The van der Waals surface area contributed by atoms with Crippen LogP contribution in [0.2, 0.25) is 0 Å². The Balaban J connectivity index is 1.55. The van der Waals surface area contributed by atoms with E-state index in [1.165, 1.54) is 24.3 Å². The van der Waals surface area contributed by atoms with Gasteiger partial charge in [-0.3, -0.25) is 19.3 Å². The van der Waals surface area contributed by atoms with E-state index in [9.17, 15) is 18.8 Å². The van der Waals surface area contributed by atoms with Crippen LogP contribution in [0, 0.1) is 17.7 Å². The molecular formula is C22H19FN2O3. The Hall–Kier alpha value is -2.86. The zero-order valence-corrected chi connectivity index (χ0v) is 15.1. The van der Waals surface area contributed by atoms with E-state index in [2.05, 4.69) is 4.90 Å². The van der Waals surface area contributed by atoms with Crippen LogP contribution in [0.1, 0.15) is 23.2 Å². The van der Waals surface area contributed by atoms with E-state index < -0.39 is 23.7 Å². The van der Waals surface area contributed by atoms with Crippen molar-refractivity contribution in [3.05, 3.63) is 66.0 Å². The van der Waals surface area contributed by atoms with Crippen molar-refractivity contribution < 1.29 is 18.8 Å². The Morgan fingerprint density at radius 2 is 1.61 bits per heavy atom. The molecule has 4 atom stereocenters. The van der Waals surface area contributed by atoms with Gasteiger partial charge in [-0.05, 0) is 43.7 Å². The molecule has 3 aliphatic rings. The van der Waals surface area contributed by atoms with Crippen molar-refractivity contribution in [1.29, 1.82) is 0 Å². The third-order valence-electron chi connectivity index (χ3n) is 6.26. The molecule has 0 radical (unpaired) electrons. The molecule has 3 aliphatic heterocycles. The Bertz CT molecular complexity index is 960. The van der Waals surface area contributed by atoms with Gasteiger partial charge in [0.2, 0.25) is 11.8 Å². The van der Waals surface area contributed by atoms with E-state index >= 15 is 0 Å². The third kappa shape index (κ3) is 2.37. The van der Waals surface area contributed by atoms with Crippen LogP contribution in [-0.2, 0) is 9.59 Å². The number of anilines is 1. The van der Waals surface area contributed by atoms with E-state index in [-0.39, 0.29) is 23.6 Å². The lowest BCUT2D eigenvalue weighted by atomic mass is 9.85. The molecule has 0 aromatic heterocycles. The molecule has 0 saturated carbocycles. The largest absolute Gasteiger partial charge is 0.292 e. The number of rotatable bonds is 3. The van der Waals surface area contributed by atoms with Crippen LogP contribution in [0.5, 0.6) is 0 Å². The van der Waals surface area contributed by atoms with Gasteiger partial charge in [0.25, 0.3) is 0 Å². The summed E-state index contributed by atoms with van der Waals surface area (Å²) in [5.41, 5.74) is 0.917. The SMILES string of the molecule is O=C(c1ccccc1)[C@H]1[C@H]2C(=O)N(c3ccc(F)cc3)C(=O)[C@@H]2[C@H]2CCCN21. The quantitative estimate of drug-likeness (QED) is 0.609. The summed E-state index contributed by atoms with van der Waals surface area (Å²) in [5.74, 6) is -2.37. The number of carbonyl (C=O) groups is 3. The maximum Gasteiger partial charge on any atom is 0.239 e. The number of ketones is 1. The van der Waals surface area contributed by atoms with Crippen molar-refractivity contribution in [1.82, 2.24) is 4.90 Å². The minimum atomic E-state index is -0.685. The summed E-state index contributed by atoms with van der Waals surface area (Å²) >= 11 is 0. The van der Waals surface area contributed by atoms with Crippen LogP contribution in [-0.4, -0.2) is 41.1 Å². The molecule has 0 aliphatic carbocycles. The number of hydrogen-bond donors (Lipinski definition) is 0. The van der Waals surface area contributed by atoms with Crippen LogP contribution < -0.4 is 4.90 Å². The van der Waals surface area contributed by atoms with Crippen molar-refractivity contribution in [3.8, 4) is 0 Å². The Labute approximate surface area is 161 Å². The summed E-state index contributed by atoms with van der Waals surface area (Å²) in [6.45, 7) is 0.720. The van der Waals surface area contributed by atoms with Crippen LogP contribution in [0.4, 0.5) is 10.1 Å². The number of imide groups is 1. The smallest absolute Gasteiger partial charge is 0.239 e. The first kappa shape index (κ1) is 17.3. The number of fused-ring (bicyclic) bond motifs is 3. The monoisotopic (exact) mass is 378 g/mol. The maximum atomic E-state index is 13.3. The first-order chi connectivity index (χ1) is 13.6. The molecule has 6 heteroatoms. The molecule has 2 aromatic carbocycles. The standard InChI is InChI=1S/C22H19FN2O3/c23-14-8-10-15(11-9-14)25-21(27)17-16-7-4-12-24(16)19(18(17)22(25)28)20(26)13-5-2-1-3-6-13/h1-3,5-6,8-11,16-19H,4,7,12H2/t16-,17-,18+,19-/m1/s1. The van der Waals surface area contributed by atoms with Gasteiger partial charge in [-0.2, -0.15) is 0 Å². The van der Waals surface area contributed by atoms with E-state index in [0.717, 1.165) is 24.3 Å². The molecule has 0 unspecified atom stereocenters. The van der Waals surface area contributed by atoms with E-state index in [1.807, 2.05) is 6.07 Å². The number of benzene rings is 2. The molecule has 3 saturated heterocycles. The lowest BCUT2D eigenvalue weighted by Crippen LogP contribution is -2.46. The second-order valence-electron chi connectivity index (χ2n) is 7.66. The average Bonchev–Trinajstić information content (AvgIpc) is 3.35. The molecule has 0 bridgehead atoms. The normalized spacial score (nSPS) is 29.2. The van der Waals surface area contributed by atoms with Gasteiger partial charge >= 0.3 is 0 Å². The summed E-state index contributed by atoms with van der Waals surface area (Å²) in [5, 5.41) is 0. The van der Waals surface area contributed by atoms with Crippen LogP contribution in [0.15, 0.2) is 54.6 Å². The Kier molecular flexibility index (Phi) is 3.91. The summed E-state index contributed by atoms with van der Waals surface area (Å²) < 4.78 is 13.3. The lowest BCUT2D eigenvalue weighted by Gasteiger charge is -2.27. The molecule has 5 rings (SSSR count). The highest BCUT2D eigenvalue weighted by molar-refractivity contribution is 6.24. The highest BCUT2D eigenvalue weighted by Crippen LogP contribution is 2.48. The minimum absolute atomic E-state index is 0.0930. The second-order valence-corrected chi connectivity index (χ2v) is 7.66. The van der Waals surface area contributed by atoms with Crippen molar-refractivity contribution in [3.63, 3.8) is 0 Å². The zero-order chi connectivity index (χ0) is 19.4. The van der Waals surface area contributed by atoms with Gasteiger partial charge in [0, 0.05) is 11.6 Å². The number of hydrogen-bond acceptors (Lipinski definition) is 4. The molecule has 0 N–H and O–H groups in total. The van der Waals surface area contributed by atoms with Gasteiger partial charge in [-0.1, -0.05) is 30.3 Å². The van der Waals surface area contributed by atoms with Crippen molar-refractivity contribution in [2.75, 3.05) is 11.4 Å². The molecule has 142 valence electrons. The molecule has 3 heterocycles. The van der Waals surface area contributed by atoms with Crippen molar-refractivity contribution in [2.24, 2.45) is 11.8 Å². The van der Waals surface area contributed by atoms with Crippen LogP contribution >= 0.6 is 0 Å². The summed E-state index contributed by atoms with van der Waals surface area (Å²) in [4.78, 5) is 43.0. The summed E-state index contributed by atoms with van der Waals surface area (Å²) in [6, 6.07) is 13.6. The maximum absolute atomic E-state index is 13.3. The Morgan fingerprint density at radius 3 is 2.32 bits per heavy atom. The van der Waals surface area contributed by atoms with Gasteiger partial charge in [-0.15, -0.1) is 0 Å². The molecule has 28 heavy (non-hydrogen) atoms. The predicted octanol–water partition coefficient (Wildman–Crippen LogP) is 2.66. The molecule has 2 aromatic rings. The molecular weight excluding hydrogens is 359 g/mol. The van der Waals surface area contributed by atoms with E-state index in [1.54, 1.807) is 24.3 Å². The summed E-state index contributed by atoms with van der Waals surface area (Å²) in [7, 11) is 0. The molecule has 0 spiro atoms. The first-order valence-corrected chi connectivity index (χ1v) is 9.56. The molecule has 2 amide bonds. The van der Waals surface area contributed by atoms with Gasteiger partial charge < -0.3 is 0 Å². The highest BCUT2D eigenvalue weighted by atomic mass is 19.1. The first-order valence-electron chi connectivity index (χ1n) is 9.56. The number of amides is 2. The molecule has 3 fully saturated rings.